The van der Waals surface area contributed by atoms with Gasteiger partial charge in [-0.15, -0.1) is 0 Å². The lowest BCUT2D eigenvalue weighted by molar-refractivity contribution is -0.125. The summed E-state index contributed by atoms with van der Waals surface area (Å²) < 4.78 is 0. The van der Waals surface area contributed by atoms with Crippen LogP contribution in [0.4, 0.5) is 0 Å². The number of nitrogens with zero attached hydrogens (tertiary/aromatic N) is 1. The second-order valence-corrected chi connectivity index (χ2v) is 5.92. The van der Waals surface area contributed by atoms with Crippen LogP contribution in [0.1, 0.15) is 38.2 Å². The van der Waals surface area contributed by atoms with Gasteiger partial charge in [0.05, 0.1) is 6.04 Å². The van der Waals surface area contributed by atoms with Gasteiger partial charge in [0, 0.05) is 12.6 Å². The SMILES string of the molecule is C[C@H](C(=O)NC1CCCC1)N(C)C/C=C/c1ccccc1. The largest absolute Gasteiger partial charge is 0.352 e. The quantitative estimate of drug-likeness (QED) is 0.871. The Kier molecular flexibility index (Phi) is 6.00. The first-order valence-corrected chi connectivity index (χ1v) is 7.89. The first-order chi connectivity index (χ1) is 10.2. The first kappa shape index (κ1) is 15.8. The van der Waals surface area contributed by atoms with Crippen molar-refractivity contribution < 1.29 is 4.79 Å². The molecule has 0 aliphatic heterocycles. The molecule has 0 spiro atoms. The number of hydrogen-bond acceptors (Lipinski definition) is 2. The van der Waals surface area contributed by atoms with Crippen LogP contribution in [0.2, 0.25) is 0 Å². The molecule has 1 N–H and O–H groups in total. The van der Waals surface area contributed by atoms with E-state index < -0.39 is 0 Å². The number of nitrogens with one attached hydrogen (secondary N) is 1. The lowest BCUT2D eigenvalue weighted by Gasteiger charge is -2.24. The first-order valence-electron chi connectivity index (χ1n) is 7.89. The molecule has 0 bridgehead atoms. The molecule has 1 aromatic carbocycles. The van der Waals surface area contributed by atoms with Gasteiger partial charge in [0.15, 0.2) is 0 Å². The maximum absolute atomic E-state index is 12.2. The topological polar surface area (TPSA) is 32.3 Å². The number of carbonyl (C=O) groups is 1. The third kappa shape index (κ3) is 5.01. The van der Waals surface area contributed by atoms with Crippen molar-refractivity contribution in [3.63, 3.8) is 0 Å². The number of hydrogen-bond donors (Lipinski definition) is 1. The van der Waals surface area contributed by atoms with Crippen molar-refractivity contribution in [2.75, 3.05) is 13.6 Å². The molecule has 3 nitrogen and oxygen atoms in total. The van der Waals surface area contributed by atoms with Crippen molar-refractivity contribution in [3.05, 3.63) is 42.0 Å². The Morgan fingerprint density at radius 3 is 2.67 bits per heavy atom. The lowest BCUT2D eigenvalue weighted by Crippen LogP contribution is -2.46. The zero-order chi connectivity index (χ0) is 15.1. The van der Waals surface area contributed by atoms with Crippen LogP contribution in [-0.2, 0) is 4.79 Å². The molecule has 1 aromatic rings. The summed E-state index contributed by atoms with van der Waals surface area (Å²) >= 11 is 0. The van der Waals surface area contributed by atoms with E-state index in [4.69, 9.17) is 0 Å². The smallest absolute Gasteiger partial charge is 0.237 e. The van der Waals surface area contributed by atoms with E-state index in [1.54, 1.807) is 0 Å². The molecule has 0 aromatic heterocycles. The van der Waals surface area contributed by atoms with Gasteiger partial charge in [-0.05, 0) is 32.4 Å². The molecular formula is C18H26N2O. The van der Waals surface area contributed by atoms with Gasteiger partial charge in [0.2, 0.25) is 5.91 Å². The van der Waals surface area contributed by atoms with E-state index in [0.717, 1.165) is 19.4 Å². The van der Waals surface area contributed by atoms with Crippen molar-refractivity contribution in [1.29, 1.82) is 0 Å². The Morgan fingerprint density at radius 2 is 2.00 bits per heavy atom. The minimum absolute atomic E-state index is 0.0916. The Morgan fingerprint density at radius 1 is 1.33 bits per heavy atom. The summed E-state index contributed by atoms with van der Waals surface area (Å²) in [7, 11) is 1.99. The third-order valence-electron chi connectivity index (χ3n) is 4.25. The van der Waals surface area contributed by atoms with E-state index in [-0.39, 0.29) is 11.9 Å². The summed E-state index contributed by atoms with van der Waals surface area (Å²) in [5.41, 5.74) is 1.19. The Bertz CT molecular complexity index is 463. The lowest BCUT2D eigenvalue weighted by atomic mass is 10.2. The zero-order valence-corrected chi connectivity index (χ0v) is 13.1. The summed E-state index contributed by atoms with van der Waals surface area (Å²) in [5.74, 6) is 0.150. The summed E-state index contributed by atoms with van der Waals surface area (Å²) in [6.45, 7) is 2.74. The maximum atomic E-state index is 12.2. The minimum atomic E-state index is -0.0916. The average Bonchev–Trinajstić information content (AvgIpc) is 3.00. The molecular weight excluding hydrogens is 260 g/mol. The fourth-order valence-corrected chi connectivity index (χ4v) is 2.67. The second kappa shape index (κ2) is 7.99. The molecule has 0 heterocycles. The van der Waals surface area contributed by atoms with Gasteiger partial charge in [-0.2, -0.15) is 0 Å². The number of rotatable bonds is 6. The zero-order valence-electron chi connectivity index (χ0n) is 13.1. The highest BCUT2D eigenvalue weighted by Crippen LogP contribution is 2.17. The number of carbonyl (C=O) groups excluding carboxylic acids is 1. The molecule has 1 aliphatic carbocycles. The van der Waals surface area contributed by atoms with Gasteiger partial charge in [-0.25, -0.2) is 0 Å². The normalized spacial score (nSPS) is 17.5. The van der Waals surface area contributed by atoms with Crippen LogP contribution < -0.4 is 5.32 Å². The van der Waals surface area contributed by atoms with E-state index in [2.05, 4.69) is 34.5 Å². The molecule has 3 heteroatoms. The Labute approximate surface area is 128 Å². The molecule has 0 unspecified atom stereocenters. The second-order valence-electron chi connectivity index (χ2n) is 5.92. The van der Waals surface area contributed by atoms with Crippen molar-refractivity contribution in [1.82, 2.24) is 10.2 Å². The predicted molar refractivity (Wildman–Crippen MR) is 88.0 cm³/mol. The van der Waals surface area contributed by atoms with E-state index in [0.29, 0.717) is 6.04 Å². The molecule has 1 aliphatic rings. The Balaban J connectivity index is 1.77. The molecule has 0 saturated heterocycles. The number of benzene rings is 1. The van der Waals surface area contributed by atoms with Crippen molar-refractivity contribution in [2.24, 2.45) is 0 Å². The van der Waals surface area contributed by atoms with Crippen LogP contribution >= 0.6 is 0 Å². The molecule has 1 atom stereocenters. The monoisotopic (exact) mass is 286 g/mol. The van der Waals surface area contributed by atoms with Crippen LogP contribution in [-0.4, -0.2) is 36.5 Å². The van der Waals surface area contributed by atoms with Crippen molar-refractivity contribution in [3.8, 4) is 0 Å². The standard InChI is InChI=1S/C18H26N2O/c1-15(18(21)19-17-12-6-7-13-17)20(2)14-8-11-16-9-4-3-5-10-16/h3-5,8-11,15,17H,6-7,12-14H2,1-2H3,(H,19,21)/b11-8+/t15-/m1/s1. The molecule has 1 saturated carbocycles. The van der Waals surface area contributed by atoms with E-state index in [1.807, 2.05) is 32.2 Å². The van der Waals surface area contributed by atoms with E-state index >= 15 is 0 Å². The van der Waals surface area contributed by atoms with Crippen LogP contribution in [0.15, 0.2) is 36.4 Å². The highest BCUT2D eigenvalue weighted by Gasteiger charge is 2.22. The van der Waals surface area contributed by atoms with E-state index in [9.17, 15) is 4.79 Å². The summed E-state index contributed by atoms with van der Waals surface area (Å²) in [5, 5.41) is 3.16. The number of likely N-dealkylation sites (N-methyl/N-ethyl adjacent to an activating group) is 1. The molecule has 2 rings (SSSR count). The molecule has 114 valence electrons. The molecule has 0 radical (unpaired) electrons. The minimum Gasteiger partial charge on any atom is -0.352 e. The van der Waals surface area contributed by atoms with Gasteiger partial charge in [-0.1, -0.05) is 55.3 Å². The maximum Gasteiger partial charge on any atom is 0.237 e. The predicted octanol–water partition coefficient (Wildman–Crippen LogP) is 3.08. The highest BCUT2D eigenvalue weighted by molar-refractivity contribution is 5.81. The molecule has 21 heavy (non-hydrogen) atoms. The Hall–Kier alpha value is -1.61. The van der Waals surface area contributed by atoms with Gasteiger partial charge in [0.1, 0.15) is 0 Å². The summed E-state index contributed by atoms with van der Waals surface area (Å²) in [6.07, 6.45) is 8.96. The van der Waals surface area contributed by atoms with Gasteiger partial charge < -0.3 is 5.32 Å². The summed E-state index contributed by atoms with van der Waals surface area (Å²) in [6, 6.07) is 10.5. The van der Waals surface area contributed by atoms with Gasteiger partial charge >= 0.3 is 0 Å². The van der Waals surface area contributed by atoms with Crippen molar-refractivity contribution in [2.45, 2.75) is 44.7 Å². The molecule has 1 fully saturated rings. The average molecular weight is 286 g/mol. The summed E-state index contributed by atoms with van der Waals surface area (Å²) in [4.78, 5) is 14.3. The van der Waals surface area contributed by atoms with Crippen LogP contribution in [0.25, 0.3) is 6.08 Å². The fourth-order valence-electron chi connectivity index (χ4n) is 2.67. The van der Waals surface area contributed by atoms with Crippen LogP contribution in [0.3, 0.4) is 0 Å². The van der Waals surface area contributed by atoms with Crippen LogP contribution in [0, 0.1) is 0 Å². The molecule has 1 amide bonds. The third-order valence-corrected chi connectivity index (χ3v) is 4.25. The highest BCUT2D eigenvalue weighted by atomic mass is 16.2. The van der Waals surface area contributed by atoms with Crippen LogP contribution in [0.5, 0.6) is 0 Å². The fraction of sp³-hybridized carbons (Fsp3) is 0.500. The van der Waals surface area contributed by atoms with E-state index in [1.165, 1.54) is 18.4 Å². The van der Waals surface area contributed by atoms with Gasteiger partial charge in [-0.3, -0.25) is 9.69 Å². The van der Waals surface area contributed by atoms with Gasteiger partial charge in [0.25, 0.3) is 0 Å². The van der Waals surface area contributed by atoms with Crippen molar-refractivity contribution >= 4 is 12.0 Å². The number of amides is 1.